The molecule has 4 saturated carbocycles. The zero-order chi connectivity index (χ0) is 12.4. The highest BCUT2D eigenvalue weighted by Crippen LogP contribution is 2.60. The molecule has 19 heavy (non-hydrogen) atoms. The largest absolute Gasteiger partial charge is 0.480 e. The molecule has 1 aromatic rings. The van der Waals surface area contributed by atoms with E-state index in [-0.39, 0.29) is 5.60 Å². The summed E-state index contributed by atoms with van der Waals surface area (Å²) in [4.78, 5) is 4.40. The van der Waals surface area contributed by atoms with Crippen molar-refractivity contribution in [1.82, 2.24) is 4.98 Å². The smallest absolute Gasteiger partial charge is 0.146 e. The molecule has 0 N–H and O–H groups in total. The third-order valence-corrected chi connectivity index (χ3v) is 6.00. The van der Waals surface area contributed by atoms with Crippen molar-refractivity contribution < 1.29 is 4.74 Å². The molecule has 0 saturated heterocycles. The Bertz CT molecular complexity index is 534. The Kier molecular flexibility index (Phi) is 1.88. The van der Waals surface area contributed by atoms with Gasteiger partial charge in [0.1, 0.15) is 17.0 Å². The summed E-state index contributed by atoms with van der Waals surface area (Å²) in [5.41, 5.74) is 1.01. The molecule has 6 rings (SSSR count). The Morgan fingerprint density at radius 3 is 2.53 bits per heavy atom. The van der Waals surface area contributed by atoms with Crippen LogP contribution in [0.4, 0.5) is 0 Å². The Labute approximate surface area is 113 Å². The van der Waals surface area contributed by atoms with Crippen LogP contribution in [0.15, 0.2) is 24.4 Å². The van der Waals surface area contributed by atoms with Crippen molar-refractivity contribution in [1.29, 1.82) is 0 Å². The van der Waals surface area contributed by atoms with Gasteiger partial charge in [-0.2, -0.15) is 0 Å². The standard InChI is InChI=1S/C17H19NO/c1-2-16-15(18-5-1)3-4-17(19-16)13-7-11-6-12(9-13)10-14(17)8-11/h1-5,11-14H,6-10H2. The van der Waals surface area contributed by atoms with Crippen molar-refractivity contribution >= 4 is 6.08 Å². The molecule has 0 atom stereocenters. The number of nitrogens with zero attached hydrogens (tertiary/aromatic N) is 1. The second-order valence-electron chi connectivity index (χ2n) is 6.98. The van der Waals surface area contributed by atoms with E-state index in [1.54, 1.807) is 0 Å². The summed E-state index contributed by atoms with van der Waals surface area (Å²) in [6, 6.07) is 4.07. The average molecular weight is 253 g/mol. The van der Waals surface area contributed by atoms with Crippen LogP contribution < -0.4 is 4.74 Å². The van der Waals surface area contributed by atoms with E-state index < -0.39 is 0 Å². The van der Waals surface area contributed by atoms with Crippen LogP contribution in [0.2, 0.25) is 0 Å². The molecule has 1 aliphatic heterocycles. The van der Waals surface area contributed by atoms with Crippen LogP contribution in [-0.4, -0.2) is 10.6 Å². The van der Waals surface area contributed by atoms with Crippen LogP contribution in [-0.2, 0) is 0 Å². The first kappa shape index (κ1) is 10.5. The van der Waals surface area contributed by atoms with E-state index >= 15 is 0 Å². The van der Waals surface area contributed by atoms with Crippen LogP contribution in [0.25, 0.3) is 6.08 Å². The maximum Gasteiger partial charge on any atom is 0.146 e. The fraction of sp³-hybridized carbons (Fsp3) is 0.588. The van der Waals surface area contributed by atoms with Crippen LogP contribution >= 0.6 is 0 Å². The molecule has 4 fully saturated rings. The van der Waals surface area contributed by atoms with Gasteiger partial charge in [-0.05, 0) is 68.2 Å². The van der Waals surface area contributed by atoms with E-state index in [0.29, 0.717) is 0 Å². The minimum absolute atomic E-state index is 0.00343. The van der Waals surface area contributed by atoms with Gasteiger partial charge in [-0.3, -0.25) is 4.98 Å². The molecule has 2 heterocycles. The highest BCUT2D eigenvalue weighted by molar-refractivity contribution is 5.57. The number of rotatable bonds is 0. The van der Waals surface area contributed by atoms with Crippen molar-refractivity contribution in [3.8, 4) is 5.75 Å². The Morgan fingerprint density at radius 2 is 1.79 bits per heavy atom. The number of fused-ring (bicyclic) bond motifs is 1. The van der Waals surface area contributed by atoms with Gasteiger partial charge in [-0.25, -0.2) is 0 Å². The fourth-order valence-electron chi connectivity index (χ4n) is 5.41. The minimum Gasteiger partial charge on any atom is -0.480 e. The van der Waals surface area contributed by atoms with Gasteiger partial charge in [0.25, 0.3) is 0 Å². The van der Waals surface area contributed by atoms with Crippen LogP contribution in [0.1, 0.15) is 37.8 Å². The second-order valence-corrected chi connectivity index (χ2v) is 6.98. The monoisotopic (exact) mass is 253 g/mol. The molecule has 4 aliphatic carbocycles. The summed E-state index contributed by atoms with van der Waals surface area (Å²) >= 11 is 0. The van der Waals surface area contributed by atoms with Crippen molar-refractivity contribution in [3.63, 3.8) is 0 Å². The third-order valence-electron chi connectivity index (χ3n) is 6.00. The highest BCUT2D eigenvalue weighted by atomic mass is 16.5. The van der Waals surface area contributed by atoms with Crippen molar-refractivity contribution in [2.75, 3.05) is 0 Å². The molecule has 0 radical (unpaired) electrons. The van der Waals surface area contributed by atoms with Gasteiger partial charge in [-0.15, -0.1) is 0 Å². The zero-order valence-electron chi connectivity index (χ0n) is 11.1. The Hall–Kier alpha value is -1.31. The fourth-order valence-corrected chi connectivity index (χ4v) is 5.41. The third kappa shape index (κ3) is 1.30. The topological polar surface area (TPSA) is 22.1 Å². The molecule has 0 unspecified atom stereocenters. The van der Waals surface area contributed by atoms with Crippen molar-refractivity contribution in [3.05, 3.63) is 30.1 Å². The Balaban J connectivity index is 1.60. The van der Waals surface area contributed by atoms with E-state index in [1.165, 1.54) is 32.1 Å². The van der Waals surface area contributed by atoms with Crippen molar-refractivity contribution in [2.24, 2.45) is 23.7 Å². The summed E-state index contributed by atoms with van der Waals surface area (Å²) in [5, 5.41) is 0. The predicted molar refractivity (Wildman–Crippen MR) is 73.7 cm³/mol. The van der Waals surface area contributed by atoms with Crippen LogP contribution in [0.3, 0.4) is 0 Å². The van der Waals surface area contributed by atoms with Gasteiger partial charge < -0.3 is 4.74 Å². The zero-order valence-corrected chi connectivity index (χ0v) is 11.1. The molecule has 1 aromatic heterocycles. The SMILES string of the molecule is C1=CC2(Oc3cccnc31)C1CC3CC(C1)CC2C3. The van der Waals surface area contributed by atoms with E-state index in [0.717, 1.165) is 35.1 Å². The summed E-state index contributed by atoms with van der Waals surface area (Å²) in [6.45, 7) is 0. The normalized spacial score (nSPS) is 45.3. The van der Waals surface area contributed by atoms with Crippen LogP contribution in [0, 0.1) is 23.7 Å². The molecule has 2 heteroatoms. The second kappa shape index (κ2) is 3.41. The minimum atomic E-state index is 0.00343. The molecule has 0 aromatic carbocycles. The van der Waals surface area contributed by atoms with E-state index in [2.05, 4.69) is 23.2 Å². The van der Waals surface area contributed by atoms with E-state index in [9.17, 15) is 0 Å². The number of hydrogen-bond donors (Lipinski definition) is 0. The summed E-state index contributed by atoms with van der Waals surface area (Å²) in [7, 11) is 0. The first-order chi connectivity index (χ1) is 9.33. The molecule has 4 bridgehead atoms. The molecule has 98 valence electrons. The maximum atomic E-state index is 6.55. The number of hydrogen-bond acceptors (Lipinski definition) is 2. The first-order valence-electron chi connectivity index (χ1n) is 7.67. The van der Waals surface area contributed by atoms with Gasteiger partial charge >= 0.3 is 0 Å². The Morgan fingerprint density at radius 1 is 1.05 bits per heavy atom. The number of aromatic nitrogens is 1. The van der Waals surface area contributed by atoms with E-state index in [1.807, 2.05) is 12.3 Å². The average Bonchev–Trinajstić information content (AvgIpc) is 2.44. The lowest BCUT2D eigenvalue weighted by molar-refractivity contribution is -0.128. The lowest BCUT2D eigenvalue weighted by Crippen LogP contribution is -2.60. The highest BCUT2D eigenvalue weighted by Gasteiger charge is 2.58. The molecule has 2 nitrogen and oxygen atoms in total. The lowest BCUT2D eigenvalue weighted by Gasteiger charge is -2.60. The van der Waals surface area contributed by atoms with E-state index in [4.69, 9.17) is 4.74 Å². The molecular weight excluding hydrogens is 234 g/mol. The quantitative estimate of drug-likeness (QED) is 0.703. The van der Waals surface area contributed by atoms with Gasteiger partial charge in [-0.1, -0.05) is 0 Å². The predicted octanol–water partition coefficient (Wildman–Crippen LogP) is 3.68. The first-order valence-corrected chi connectivity index (χ1v) is 7.67. The summed E-state index contributed by atoms with van der Waals surface area (Å²) in [5.74, 6) is 4.46. The maximum absolute atomic E-state index is 6.55. The summed E-state index contributed by atoms with van der Waals surface area (Å²) in [6.07, 6.45) is 13.4. The van der Waals surface area contributed by atoms with Gasteiger partial charge in [0.05, 0.1) is 0 Å². The summed E-state index contributed by atoms with van der Waals surface area (Å²) < 4.78 is 6.55. The lowest BCUT2D eigenvalue weighted by atomic mass is 9.49. The number of ether oxygens (including phenoxy) is 1. The van der Waals surface area contributed by atoms with Gasteiger partial charge in [0.15, 0.2) is 0 Å². The van der Waals surface area contributed by atoms with Gasteiger partial charge in [0, 0.05) is 18.0 Å². The van der Waals surface area contributed by atoms with Gasteiger partial charge in [0.2, 0.25) is 0 Å². The number of pyridine rings is 1. The molecular formula is C17H19NO. The van der Waals surface area contributed by atoms with Crippen LogP contribution in [0.5, 0.6) is 5.75 Å². The molecule has 5 aliphatic rings. The molecule has 0 amide bonds. The molecule has 1 spiro atoms. The van der Waals surface area contributed by atoms with Crippen molar-refractivity contribution in [2.45, 2.75) is 37.7 Å².